The Labute approximate surface area is 123 Å². The molecule has 0 radical (unpaired) electrons. The lowest BCUT2D eigenvalue weighted by Gasteiger charge is -2.26. The number of aliphatic carboxylic acids is 1. The zero-order valence-corrected chi connectivity index (χ0v) is 12.4. The quantitative estimate of drug-likeness (QED) is 0.810. The van der Waals surface area contributed by atoms with E-state index in [-0.39, 0.29) is 17.9 Å². The first-order valence-electron chi connectivity index (χ1n) is 6.75. The molecule has 0 saturated carbocycles. The summed E-state index contributed by atoms with van der Waals surface area (Å²) in [5.74, 6) is -2.05. The number of carboxylic acids is 1. The van der Waals surface area contributed by atoms with E-state index < -0.39 is 23.1 Å². The number of carbonyl (C=O) groups excluding carboxylic acids is 1. The van der Waals surface area contributed by atoms with Crippen LogP contribution in [0, 0.1) is 11.2 Å². The Balaban J connectivity index is 2.82. The molecule has 116 valence electrons. The van der Waals surface area contributed by atoms with E-state index in [1.165, 1.54) is 19.2 Å². The van der Waals surface area contributed by atoms with Crippen LogP contribution in [0.25, 0.3) is 0 Å². The van der Waals surface area contributed by atoms with Gasteiger partial charge in [-0.05, 0) is 31.0 Å². The van der Waals surface area contributed by atoms with Gasteiger partial charge < -0.3 is 15.2 Å². The van der Waals surface area contributed by atoms with Crippen LogP contribution in [0.2, 0.25) is 0 Å². The minimum Gasteiger partial charge on any atom is -0.494 e. The van der Waals surface area contributed by atoms with Crippen LogP contribution in [-0.4, -0.2) is 30.6 Å². The highest BCUT2D eigenvalue weighted by Gasteiger charge is 2.35. The fourth-order valence-corrected chi connectivity index (χ4v) is 2.04. The Morgan fingerprint density at radius 2 is 1.95 bits per heavy atom. The molecule has 0 heterocycles. The zero-order chi connectivity index (χ0) is 16.0. The summed E-state index contributed by atoms with van der Waals surface area (Å²) >= 11 is 0. The number of rotatable bonds is 7. The summed E-state index contributed by atoms with van der Waals surface area (Å²) in [6.07, 6.45) is 0.798. The van der Waals surface area contributed by atoms with Crippen molar-refractivity contribution in [3.8, 4) is 5.75 Å². The predicted molar refractivity (Wildman–Crippen MR) is 75.9 cm³/mol. The van der Waals surface area contributed by atoms with E-state index in [4.69, 9.17) is 4.74 Å². The summed E-state index contributed by atoms with van der Waals surface area (Å²) in [5, 5.41) is 11.9. The summed E-state index contributed by atoms with van der Waals surface area (Å²) in [7, 11) is 1.34. The smallest absolute Gasteiger partial charge is 0.311 e. The number of methoxy groups -OCH3 is 1. The summed E-state index contributed by atoms with van der Waals surface area (Å²) < 4.78 is 18.3. The van der Waals surface area contributed by atoms with Crippen LogP contribution >= 0.6 is 0 Å². The lowest BCUT2D eigenvalue weighted by Crippen LogP contribution is -2.42. The summed E-state index contributed by atoms with van der Waals surface area (Å²) in [6, 6.07) is 3.85. The molecule has 21 heavy (non-hydrogen) atoms. The largest absolute Gasteiger partial charge is 0.494 e. The molecule has 0 spiro atoms. The molecule has 1 amide bonds. The van der Waals surface area contributed by atoms with Gasteiger partial charge in [0.2, 0.25) is 0 Å². The highest BCUT2D eigenvalue weighted by molar-refractivity contribution is 5.94. The third-order valence-electron chi connectivity index (χ3n) is 3.81. The van der Waals surface area contributed by atoms with Crippen LogP contribution in [0.4, 0.5) is 4.39 Å². The SMILES string of the molecule is CCC(CC)(CNC(=O)c1ccc(OC)c(F)c1)C(=O)O. The molecule has 1 rings (SSSR count). The monoisotopic (exact) mass is 297 g/mol. The van der Waals surface area contributed by atoms with E-state index in [2.05, 4.69) is 5.32 Å². The average Bonchev–Trinajstić information content (AvgIpc) is 2.48. The van der Waals surface area contributed by atoms with Gasteiger partial charge in [-0.25, -0.2) is 4.39 Å². The van der Waals surface area contributed by atoms with Gasteiger partial charge in [0.25, 0.3) is 5.91 Å². The number of hydrogen-bond donors (Lipinski definition) is 2. The van der Waals surface area contributed by atoms with Crippen molar-refractivity contribution in [1.82, 2.24) is 5.32 Å². The van der Waals surface area contributed by atoms with E-state index in [1.807, 2.05) is 0 Å². The normalized spacial score (nSPS) is 11.0. The van der Waals surface area contributed by atoms with Gasteiger partial charge in [0.05, 0.1) is 12.5 Å². The Morgan fingerprint density at radius 3 is 2.38 bits per heavy atom. The number of amides is 1. The van der Waals surface area contributed by atoms with Gasteiger partial charge >= 0.3 is 5.97 Å². The number of hydrogen-bond acceptors (Lipinski definition) is 3. The molecule has 1 aromatic carbocycles. The molecule has 0 aromatic heterocycles. The number of carbonyl (C=O) groups is 2. The number of ether oxygens (including phenoxy) is 1. The second-order valence-corrected chi connectivity index (χ2v) is 4.82. The molecule has 0 saturated heterocycles. The van der Waals surface area contributed by atoms with Gasteiger partial charge in [0, 0.05) is 12.1 Å². The topological polar surface area (TPSA) is 75.6 Å². The Hall–Kier alpha value is -2.11. The van der Waals surface area contributed by atoms with Crippen molar-refractivity contribution in [1.29, 1.82) is 0 Å². The van der Waals surface area contributed by atoms with Crippen molar-refractivity contribution in [2.45, 2.75) is 26.7 Å². The second kappa shape index (κ2) is 7.06. The number of carboxylic acid groups (broad SMARTS) is 1. The van der Waals surface area contributed by atoms with Crippen molar-refractivity contribution in [3.63, 3.8) is 0 Å². The summed E-state index contributed by atoms with van der Waals surface area (Å²) in [5.41, 5.74) is -0.875. The first kappa shape index (κ1) is 16.9. The predicted octanol–water partition coefficient (Wildman–Crippen LogP) is 2.46. The Morgan fingerprint density at radius 1 is 1.33 bits per heavy atom. The fourth-order valence-electron chi connectivity index (χ4n) is 2.04. The van der Waals surface area contributed by atoms with Gasteiger partial charge in [0.1, 0.15) is 0 Å². The summed E-state index contributed by atoms with van der Waals surface area (Å²) in [6.45, 7) is 3.52. The third-order valence-corrected chi connectivity index (χ3v) is 3.81. The van der Waals surface area contributed by atoms with Crippen molar-refractivity contribution in [2.24, 2.45) is 5.41 Å². The molecule has 0 aliphatic rings. The number of halogens is 1. The van der Waals surface area contributed by atoms with Crippen molar-refractivity contribution in [2.75, 3.05) is 13.7 Å². The van der Waals surface area contributed by atoms with Crippen LogP contribution in [-0.2, 0) is 4.79 Å². The van der Waals surface area contributed by atoms with Gasteiger partial charge in [-0.15, -0.1) is 0 Å². The lowest BCUT2D eigenvalue weighted by atomic mass is 9.82. The fraction of sp³-hybridized carbons (Fsp3) is 0.467. The van der Waals surface area contributed by atoms with Crippen molar-refractivity contribution in [3.05, 3.63) is 29.6 Å². The van der Waals surface area contributed by atoms with E-state index in [1.54, 1.807) is 13.8 Å². The van der Waals surface area contributed by atoms with Crippen molar-refractivity contribution >= 4 is 11.9 Å². The molecule has 0 fully saturated rings. The van der Waals surface area contributed by atoms with Crippen LogP contribution in [0.1, 0.15) is 37.0 Å². The molecule has 0 unspecified atom stereocenters. The van der Waals surface area contributed by atoms with Crippen LogP contribution < -0.4 is 10.1 Å². The Kier molecular flexibility index (Phi) is 5.69. The molecule has 0 aliphatic carbocycles. The molecule has 0 atom stereocenters. The van der Waals surface area contributed by atoms with Crippen LogP contribution in [0.5, 0.6) is 5.75 Å². The maximum Gasteiger partial charge on any atom is 0.311 e. The second-order valence-electron chi connectivity index (χ2n) is 4.82. The first-order valence-corrected chi connectivity index (χ1v) is 6.75. The average molecular weight is 297 g/mol. The number of benzene rings is 1. The molecule has 0 bridgehead atoms. The maximum atomic E-state index is 13.5. The Bertz CT molecular complexity index is 526. The van der Waals surface area contributed by atoms with E-state index >= 15 is 0 Å². The number of nitrogens with one attached hydrogen (secondary N) is 1. The van der Waals surface area contributed by atoms with Gasteiger partial charge in [0.15, 0.2) is 11.6 Å². The van der Waals surface area contributed by atoms with Gasteiger partial charge in [-0.2, -0.15) is 0 Å². The molecule has 5 nitrogen and oxygen atoms in total. The molecular weight excluding hydrogens is 277 g/mol. The van der Waals surface area contributed by atoms with E-state index in [9.17, 15) is 19.1 Å². The molecule has 0 aliphatic heterocycles. The highest BCUT2D eigenvalue weighted by Crippen LogP contribution is 2.26. The minimum atomic E-state index is -0.999. The summed E-state index contributed by atoms with van der Waals surface area (Å²) in [4.78, 5) is 23.3. The maximum absolute atomic E-state index is 13.5. The van der Waals surface area contributed by atoms with E-state index in [0.29, 0.717) is 12.8 Å². The molecule has 1 aromatic rings. The third kappa shape index (κ3) is 3.71. The minimum absolute atomic E-state index is 0.00180. The standard InChI is InChI=1S/C15H20FNO4/c1-4-15(5-2,14(19)20)9-17-13(18)10-6-7-12(21-3)11(16)8-10/h6-8H,4-5,9H2,1-3H3,(H,17,18)(H,19,20). The van der Waals surface area contributed by atoms with E-state index in [0.717, 1.165) is 6.07 Å². The van der Waals surface area contributed by atoms with Gasteiger partial charge in [-0.3, -0.25) is 9.59 Å². The molecule has 2 N–H and O–H groups in total. The molecular formula is C15H20FNO4. The lowest BCUT2D eigenvalue weighted by molar-refractivity contribution is -0.149. The first-order chi connectivity index (χ1) is 9.90. The van der Waals surface area contributed by atoms with Gasteiger partial charge in [-0.1, -0.05) is 13.8 Å². The van der Waals surface area contributed by atoms with Crippen molar-refractivity contribution < 1.29 is 23.8 Å². The molecule has 6 heteroatoms. The van der Waals surface area contributed by atoms with Crippen LogP contribution in [0.3, 0.4) is 0 Å². The highest BCUT2D eigenvalue weighted by atomic mass is 19.1. The zero-order valence-electron chi connectivity index (χ0n) is 12.4. The van der Waals surface area contributed by atoms with Crippen LogP contribution in [0.15, 0.2) is 18.2 Å².